The van der Waals surface area contributed by atoms with E-state index in [1.807, 2.05) is 11.8 Å². The van der Waals surface area contributed by atoms with E-state index in [4.69, 9.17) is 0 Å². The Kier molecular flexibility index (Phi) is 8.68. The van der Waals surface area contributed by atoms with Crippen LogP contribution >= 0.6 is 11.8 Å². The molecule has 0 saturated carbocycles. The average Bonchev–Trinajstić information content (AvgIpc) is 3.19. The van der Waals surface area contributed by atoms with Crippen LogP contribution in [0.15, 0.2) is 29.2 Å². The van der Waals surface area contributed by atoms with Gasteiger partial charge in [-0.3, -0.25) is 14.6 Å². The number of likely N-dealkylation sites (N-methyl/N-ethyl adjacent to an activating group) is 1. The van der Waals surface area contributed by atoms with Gasteiger partial charge in [0.1, 0.15) is 0 Å². The number of hydrogen-bond donors (Lipinski definition) is 1. The van der Waals surface area contributed by atoms with Crippen LogP contribution in [0.3, 0.4) is 0 Å². The molecule has 2 heterocycles. The van der Waals surface area contributed by atoms with Crippen molar-refractivity contribution in [1.29, 1.82) is 0 Å². The molecule has 2 fully saturated rings. The molecule has 1 N–H and O–H groups in total. The van der Waals surface area contributed by atoms with Gasteiger partial charge in [0.15, 0.2) is 0 Å². The highest BCUT2D eigenvalue weighted by molar-refractivity contribution is 7.98. The summed E-state index contributed by atoms with van der Waals surface area (Å²) >= 11 is 1.81. The maximum absolute atomic E-state index is 12.3. The van der Waals surface area contributed by atoms with Crippen LogP contribution < -0.4 is 5.32 Å². The third kappa shape index (κ3) is 6.50. The fourth-order valence-electron chi connectivity index (χ4n) is 4.66. The van der Waals surface area contributed by atoms with Crippen molar-refractivity contribution in [2.75, 3.05) is 39.0 Å². The van der Waals surface area contributed by atoms with Gasteiger partial charge in [0, 0.05) is 30.4 Å². The maximum atomic E-state index is 12.3. The first-order valence-electron chi connectivity index (χ1n) is 11.0. The minimum atomic E-state index is 0.249. The number of nitrogens with zero attached hydrogens (tertiary/aromatic N) is 2. The lowest BCUT2D eigenvalue weighted by atomic mass is 9.92. The van der Waals surface area contributed by atoms with E-state index >= 15 is 0 Å². The van der Waals surface area contributed by atoms with Gasteiger partial charge in [0.05, 0.1) is 0 Å². The first kappa shape index (κ1) is 21.7. The second kappa shape index (κ2) is 11.2. The van der Waals surface area contributed by atoms with Crippen LogP contribution in [0, 0.1) is 5.92 Å². The Hall–Kier alpha value is -1.04. The van der Waals surface area contributed by atoms with E-state index in [1.54, 1.807) is 0 Å². The molecule has 4 nitrogen and oxygen atoms in total. The summed E-state index contributed by atoms with van der Waals surface area (Å²) in [5, 5.41) is 3.19. The van der Waals surface area contributed by atoms with Gasteiger partial charge in [0.2, 0.25) is 5.91 Å². The summed E-state index contributed by atoms with van der Waals surface area (Å²) in [6.45, 7) is 8.70. The van der Waals surface area contributed by atoms with Crippen LogP contribution in [-0.4, -0.2) is 60.7 Å². The van der Waals surface area contributed by atoms with E-state index in [0.29, 0.717) is 18.4 Å². The summed E-state index contributed by atoms with van der Waals surface area (Å²) < 4.78 is 0. The first-order valence-corrected chi connectivity index (χ1v) is 12.3. The molecule has 2 aliphatic rings. The summed E-state index contributed by atoms with van der Waals surface area (Å²) in [5.74, 6) is 0.956. The Morgan fingerprint density at radius 3 is 2.79 bits per heavy atom. The third-order valence-corrected chi connectivity index (χ3v) is 7.19. The van der Waals surface area contributed by atoms with Gasteiger partial charge in [-0.25, -0.2) is 0 Å². The number of piperidine rings is 1. The predicted octanol–water partition coefficient (Wildman–Crippen LogP) is 4.00. The topological polar surface area (TPSA) is 35.6 Å². The molecule has 156 valence electrons. The van der Waals surface area contributed by atoms with E-state index in [2.05, 4.69) is 52.6 Å². The summed E-state index contributed by atoms with van der Waals surface area (Å²) in [7, 11) is 0. The van der Waals surface area contributed by atoms with E-state index in [0.717, 1.165) is 39.1 Å². The normalized spacial score (nSPS) is 21.9. The Morgan fingerprint density at radius 1 is 1.21 bits per heavy atom. The minimum Gasteiger partial charge on any atom is -0.355 e. The quantitative estimate of drug-likeness (QED) is 0.632. The first-order chi connectivity index (χ1) is 13.7. The Labute approximate surface area is 175 Å². The molecule has 1 aromatic carbocycles. The van der Waals surface area contributed by atoms with Crippen LogP contribution in [0.25, 0.3) is 0 Å². The van der Waals surface area contributed by atoms with E-state index in [1.165, 1.54) is 42.7 Å². The lowest BCUT2D eigenvalue weighted by Crippen LogP contribution is -2.40. The molecule has 0 aromatic heterocycles. The molecule has 1 amide bonds. The maximum Gasteiger partial charge on any atom is 0.220 e. The molecule has 0 bridgehead atoms. The zero-order valence-corrected chi connectivity index (χ0v) is 18.5. The number of amides is 1. The van der Waals surface area contributed by atoms with Crippen molar-refractivity contribution in [1.82, 2.24) is 15.1 Å². The monoisotopic (exact) mass is 403 g/mol. The molecule has 2 aliphatic heterocycles. The van der Waals surface area contributed by atoms with Crippen molar-refractivity contribution in [2.24, 2.45) is 5.92 Å². The number of benzene rings is 1. The average molecular weight is 404 g/mol. The highest BCUT2D eigenvalue weighted by Crippen LogP contribution is 2.24. The molecule has 5 heteroatoms. The zero-order chi connectivity index (χ0) is 19.8. The number of thioether (sulfide) groups is 1. The molecule has 1 aromatic rings. The Morgan fingerprint density at radius 2 is 2.04 bits per heavy atom. The lowest BCUT2D eigenvalue weighted by Gasteiger charge is -2.32. The van der Waals surface area contributed by atoms with Gasteiger partial charge in [-0.15, -0.1) is 11.8 Å². The van der Waals surface area contributed by atoms with Gasteiger partial charge in [-0.05, 0) is 88.2 Å². The number of hydrogen-bond acceptors (Lipinski definition) is 4. The standard InChI is InChI=1S/C23H37N3OS/c1-3-26-13-5-7-21(26)17-24-23(27)10-9-19-11-14-25(15-12-19)18-20-6-4-8-22(16-20)28-2/h4,6,8,16,19,21H,3,5,7,9-15,17-18H2,1-2H3,(H,24,27)/t21-/m1/s1. The van der Waals surface area contributed by atoms with E-state index in [-0.39, 0.29) is 5.91 Å². The van der Waals surface area contributed by atoms with E-state index < -0.39 is 0 Å². The number of rotatable bonds is 9. The van der Waals surface area contributed by atoms with Crippen molar-refractivity contribution in [2.45, 2.75) is 62.9 Å². The molecular weight excluding hydrogens is 366 g/mol. The Bertz CT molecular complexity index is 616. The molecule has 1 atom stereocenters. The van der Waals surface area contributed by atoms with E-state index in [9.17, 15) is 4.79 Å². The lowest BCUT2D eigenvalue weighted by molar-refractivity contribution is -0.121. The zero-order valence-electron chi connectivity index (χ0n) is 17.7. The van der Waals surface area contributed by atoms with Crippen LogP contribution in [0.5, 0.6) is 0 Å². The number of nitrogens with one attached hydrogen (secondary N) is 1. The van der Waals surface area contributed by atoms with Gasteiger partial charge < -0.3 is 5.32 Å². The van der Waals surface area contributed by atoms with Gasteiger partial charge in [-0.1, -0.05) is 19.1 Å². The fraction of sp³-hybridized carbons (Fsp3) is 0.696. The summed E-state index contributed by atoms with van der Waals surface area (Å²) in [6, 6.07) is 9.45. The summed E-state index contributed by atoms with van der Waals surface area (Å²) in [5.41, 5.74) is 1.41. The number of carbonyl (C=O) groups is 1. The van der Waals surface area contributed by atoms with Crippen molar-refractivity contribution in [3.05, 3.63) is 29.8 Å². The molecule has 3 rings (SSSR count). The molecule has 0 radical (unpaired) electrons. The van der Waals surface area contributed by atoms with Gasteiger partial charge in [0.25, 0.3) is 0 Å². The van der Waals surface area contributed by atoms with Crippen LogP contribution in [0.4, 0.5) is 0 Å². The third-order valence-electron chi connectivity index (χ3n) is 6.47. The molecule has 0 spiro atoms. The largest absolute Gasteiger partial charge is 0.355 e. The second-order valence-corrected chi connectivity index (χ2v) is 9.22. The minimum absolute atomic E-state index is 0.249. The fourth-order valence-corrected chi connectivity index (χ4v) is 5.14. The SMILES string of the molecule is CCN1CCC[C@@H]1CNC(=O)CCC1CCN(Cc2cccc(SC)c2)CC1. The van der Waals surface area contributed by atoms with Crippen molar-refractivity contribution < 1.29 is 4.79 Å². The summed E-state index contributed by atoms with van der Waals surface area (Å²) in [6.07, 6.45) is 8.82. The van der Waals surface area contributed by atoms with Gasteiger partial charge >= 0.3 is 0 Å². The van der Waals surface area contributed by atoms with Crippen molar-refractivity contribution >= 4 is 17.7 Å². The Balaban J connectivity index is 1.31. The highest BCUT2D eigenvalue weighted by Gasteiger charge is 2.24. The van der Waals surface area contributed by atoms with Crippen LogP contribution in [0.1, 0.15) is 51.0 Å². The van der Waals surface area contributed by atoms with Crippen molar-refractivity contribution in [3.8, 4) is 0 Å². The smallest absolute Gasteiger partial charge is 0.220 e. The molecule has 0 unspecified atom stereocenters. The predicted molar refractivity (Wildman–Crippen MR) is 119 cm³/mol. The molecule has 0 aliphatic carbocycles. The highest BCUT2D eigenvalue weighted by atomic mass is 32.2. The molecular formula is C23H37N3OS. The van der Waals surface area contributed by atoms with Crippen LogP contribution in [0.2, 0.25) is 0 Å². The number of likely N-dealkylation sites (tertiary alicyclic amines) is 2. The second-order valence-electron chi connectivity index (χ2n) is 8.34. The summed E-state index contributed by atoms with van der Waals surface area (Å²) in [4.78, 5) is 18.7. The number of carbonyl (C=O) groups excluding carboxylic acids is 1. The van der Waals surface area contributed by atoms with Crippen LogP contribution in [-0.2, 0) is 11.3 Å². The molecule has 2 saturated heterocycles. The van der Waals surface area contributed by atoms with Gasteiger partial charge in [-0.2, -0.15) is 0 Å². The van der Waals surface area contributed by atoms with Crippen molar-refractivity contribution in [3.63, 3.8) is 0 Å². The molecule has 28 heavy (non-hydrogen) atoms.